The van der Waals surface area contributed by atoms with Crippen LogP contribution in [0.25, 0.3) is 0 Å². The molecule has 17 heavy (non-hydrogen) atoms. The molecule has 1 N–H and O–H groups in total. The summed E-state index contributed by atoms with van der Waals surface area (Å²) >= 11 is 0. The maximum absolute atomic E-state index is 5.93. The van der Waals surface area contributed by atoms with E-state index in [1.807, 2.05) is 0 Å². The Morgan fingerprint density at radius 3 is 2.65 bits per heavy atom. The first-order chi connectivity index (χ1) is 8.35. The molecule has 3 heteroatoms. The summed E-state index contributed by atoms with van der Waals surface area (Å²) < 4.78 is 11.0. The molecule has 2 rings (SSSR count). The highest BCUT2D eigenvalue weighted by Gasteiger charge is 2.34. The van der Waals surface area contributed by atoms with Gasteiger partial charge in [0, 0.05) is 32.2 Å². The number of hydrogen-bond acceptors (Lipinski definition) is 3. The Morgan fingerprint density at radius 1 is 1.24 bits per heavy atom. The minimum absolute atomic E-state index is 0.419. The van der Waals surface area contributed by atoms with Crippen molar-refractivity contribution < 1.29 is 9.47 Å². The summed E-state index contributed by atoms with van der Waals surface area (Å²) in [6.07, 6.45) is 8.19. The van der Waals surface area contributed by atoms with Crippen LogP contribution < -0.4 is 5.32 Å². The van der Waals surface area contributed by atoms with Crippen molar-refractivity contribution in [2.24, 2.45) is 11.3 Å². The predicted molar refractivity (Wildman–Crippen MR) is 69.2 cm³/mol. The molecule has 0 aromatic carbocycles. The number of methoxy groups -OCH3 is 1. The Balaban J connectivity index is 1.65. The Labute approximate surface area is 105 Å². The van der Waals surface area contributed by atoms with Gasteiger partial charge in [0.15, 0.2) is 0 Å². The standard InChI is InChI=1S/C14H27NO2/c1-16-9-8-15-11-14(6-2-3-7-14)12-17-10-13-4-5-13/h13,15H,2-12H2,1H3. The van der Waals surface area contributed by atoms with Gasteiger partial charge < -0.3 is 14.8 Å². The van der Waals surface area contributed by atoms with Crippen molar-refractivity contribution >= 4 is 0 Å². The minimum atomic E-state index is 0.419. The van der Waals surface area contributed by atoms with Crippen LogP contribution in [0.5, 0.6) is 0 Å². The van der Waals surface area contributed by atoms with Gasteiger partial charge in [-0.15, -0.1) is 0 Å². The molecular weight excluding hydrogens is 214 g/mol. The van der Waals surface area contributed by atoms with Gasteiger partial charge in [0.1, 0.15) is 0 Å². The molecular formula is C14H27NO2. The molecule has 0 spiro atoms. The first kappa shape index (κ1) is 13.3. The van der Waals surface area contributed by atoms with Gasteiger partial charge in [-0.1, -0.05) is 12.8 Å². The average Bonchev–Trinajstić information content (AvgIpc) is 3.04. The van der Waals surface area contributed by atoms with E-state index in [9.17, 15) is 0 Å². The number of hydrogen-bond donors (Lipinski definition) is 1. The van der Waals surface area contributed by atoms with E-state index in [0.717, 1.165) is 38.8 Å². The molecule has 0 aromatic rings. The van der Waals surface area contributed by atoms with Crippen LogP contribution in [0.4, 0.5) is 0 Å². The number of rotatable bonds is 9. The molecule has 0 aliphatic heterocycles. The van der Waals surface area contributed by atoms with E-state index in [4.69, 9.17) is 9.47 Å². The van der Waals surface area contributed by atoms with Gasteiger partial charge in [-0.2, -0.15) is 0 Å². The molecule has 2 saturated carbocycles. The van der Waals surface area contributed by atoms with Crippen LogP contribution in [-0.4, -0.2) is 40.0 Å². The topological polar surface area (TPSA) is 30.5 Å². The van der Waals surface area contributed by atoms with Crippen molar-refractivity contribution in [1.29, 1.82) is 0 Å². The van der Waals surface area contributed by atoms with Crippen LogP contribution in [0, 0.1) is 11.3 Å². The largest absolute Gasteiger partial charge is 0.383 e. The first-order valence-corrected chi connectivity index (χ1v) is 7.12. The van der Waals surface area contributed by atoms with Gasteiger partial charge in [0.2, 0.25) is 0 Å². The minimum Gasteiger partial charge on any atom is -0.383 e. The van der Waals surface area contributed by atoms with Crippen molar-refractivity contribution in [2.75, 3.05) is 40.0 Å². The molecule has 3 nitrogen and oxygen atoms in total. The third kappa shape index (κ3) is 4.57. The van der Waals surface area contributed by atoms with Crippen LogP contribution in [0.1, 0.15) is 38.5 Å². The molecule has 2 aliphatic rings. The summed E-state index contributed by atoms with van der Waals surface area (Å²) in [5.41, 5.74) is 0.419. The van der Waals surface area contributed by atoms with E-state index in [0.29, 0.717) is 5.41 Å². The highest BCUT2D eigenvalue weighted by molar-refractivity contribution is 4.87. The molecule has 0 saturated heterocycles. The molecule has 0 unspecified atom stereocenters. The predicted octanol–water partition coefficient (Wildman–Crippen LogP) is 2.21. The summed E-state index contributed by atoms with van der Waals surface area (Å²) in [6.45, 7) is 4.82. The van der Waals surface area contributed by atoms with Gasteiger partial charge in [-0.05, 0) is 31.6 Å². The van der Waals surface area contributed by atoms with Crippen LogP contribution >= 0.6 is 0 Å². The van der Waals surface area contributed by atoms with E-state index in [1.165, 1.54) is 38.5 Å². The quantitative estimate of drug-likeness (QED) is 0.628. The van der Waals surface area contributed by atoms with E-state index in [1.54, 1.807) is 7.11 Å². The summed E-state index contributed by atoms with van der Waals surface area (Å²) in [5, 5.41) is 3.52. The second-order valence-corrected chi connectivity index (χ2v) is 5.84. The summed E-state index contributed by atoms with van der Waals surface area (Å²) in [5.74, 6) is 0.884. The maximum atomic E-state index is 5.93. The SMILES string of the molecule is COCCNCC1(COCC2CC2)CCCC1. The van der Waals surface area contributed by atoms with Crippen LogP contribution in [0.2, 0.25) is 0 Å². The van der Waals surface area contributed by atoms with E-state index >= 15 is 0 Å². The lowest BCUT2D eigenvalue weighted by Gasteiger charge is -2.29. The van der Waals surface area contributed by atoms with Crippen molar-refractivity contribution in [3.05, 3.63) is 0 Å². The maximum Gasteiger partial charge on any atom is 0.0587 e. The first-order valence-electron chi connectivity index (χ1n) is 7.12. The van der Waals surface area contributed by atoms with E-state index in [2.05, 4.69) is 5.32 Å². The lowest BCUT2D eigenvalue weighted by atomic mass is 9.87. The lowest BCUT2D eigenvalue weighted by molar-refractivity contribution is 0.0396. The fourth-order valence-corrected chi connectivity index (χ4v) is 2.75. The molecule has 0 bridgehead atoms. The van der Waals surface area contributed by atoms with Crippen molar-refractivity contribution in [1.82, 2.24) is 5.32 Å². The van der Waals surface area contributed by atoms with E-state index in [-0.39, 0.29) is 0 Å². The van der Waals surface area contributed by atoms with Crippen molar-refractivity contribution in [3.63, 3.8) is 0 Å². The number of nitrogens with one attached hydrogen (secondary N) is 1. The Bertz CT molecular complexity index is 210. The van der Waals surface area contributed by atoms with Crippen LogP contribution in [0.15, 0.2) is 0 Å². The molecule has 2 fully saturated rings. The second-order valence-electron chi connectivity index (χ2n) is 5.84. The highest BCUT2D eigenvalue weighted by Crippen LogP contribution is 2.38. The van der Waals surface area contributed by atoms with Crippen molar-refractivity contribution in [3.8, 4) is 0 Å². The molecule has 0 radical (unpaired) electrons. The van der Waals surface area contributed by atoms with Gasteiger partial charge >= 0.3 is 0 Å². The van der Waals surface area contributed by atoms with Crippen LogP contribution in [0.3, 0.4) is 0 Å². The Morgan fingerprint density at radius 2 is 2.00 bits per heavy atom. The lowest BCUT2D eigenvalue weighted by Crippen LogP contribution is -2.37. The second kappa shape index (κ2) is 6.72. The zero-order chi connectivity index (χ0) is 12.0. The third-order valence-electron chi connectivity index (χ3n) is 4.11. The highest BCUT2D eigenvalue weighted by atomic mass is 16.5. The zero-order valence-electron chi connectivity index (χ0n) is 11.2. The fraction of sp³-hybridized carbons (Fsp3) is 1.00. The van der Waals surface area contributed by atoms with Gasteiger partial charge in [0.05, 0.1) is 13.2 Å². The molecule has 100 valence electrons. The number of ether oxygens (including phenoxy) is 2. The van der Waals surface area contributed by atoms with Crippen molar-refractivity contribution in [2.45, 2.75) is 38.5 Å². The Kier molecular flexibility index (Phi) is 5.26. The monoisotopic (exact) mass is 241 g/mol. The Hall–Kier alpha value is -0.120. The molecule has 0 atom stereocenters. The molecule has 0 heterocycles. The third-order valence-corrected chi connectivity index (χ3v) is 4.11. The summed E-state index contributed by atoms with van der Waals surface area (Å²) in [7, 11) is 1.76. The summed E-state index contributed by atoms with van der Waals surface area (Å²) in [6, 6.07) is 0. The molecule has 0 amide bonds. The molecule has 2 aliphatic carbocycles. The smallest absolute Gasteiger partial charge is 0.0587 e. The van der Waals surface area contributed by atoms with Gasteiger partial charge in [-0.3, -0.25) is 0 Å². The fourth-order valence-electron chi connectivity index (χ4n) is 2.75. The van der Waals surface area contributed by atoms with Gasteiger partial charge in [0.25, 0.3) is 0 Å². The summed E-state index contributed by atoms with van der Waals surface area (Å²) in [4.78, 5) is 0. The zero-order valence-corrected chi connectivity index (χ0v) is 11.2. The molecule has 0 aromatic heterocycles. The average molecular weight is 241 g/mol. The van der Waals surface area contributed by atoms with Crippen LogP contribution in [-0.2, 0) is 9.47 Å². The van der Waals surface area contributed by atoms with E-state index < -0.39 is 0 Å². The van der Waals surface area contributed by atoms with Gasteiger partial charge in [-0.25, -0.2) is 0 Å². The normalized spacial score (nSPS) is 23.1.